The number of carbonyl (C=O) groups is 1. The fourth-order valence-corrected chi connectivity index (χ4v) is 4.68. The Bertz CT molecular complexity index is 730. The molecule has 1 atom stereocenters. The van der Waals surface area contributed by atoms with Crippen LogP contribution in [0, 0.1) is 0 Å². The summed E-state index contributed by atoms with van der Waals surface area (Å²) in [7, 11) is -3.48. The van der Waals surface area contributed by atoms with E-state index in [1.165, 1.54) is 22.5 Å². The zero-order chi connectivity index (χ0) is 18.6. The summed E-state index contributed by atoms with van der Waals surface area (Å²) in [4.78, 5) is 12.4. The van der Waals surface area contributed by atoms with E-state index in [0.29, 0.717) is 25.8 Å². The molecular weight excluding hydrogens is 378 g/mol. The molecule has 25 heavy (non-hydrogen) atoms. The SMILES string of the molecule is CCCS(=O)(=O)N1CCC[C@H]1C(=O)Nc1ccc(OC(F)F)c(Cl)c1. The fraction of sp³-hybridized carbons (Fsp3) is 0.533. The number of amides is 1. The number of nitrogens with one attached hydrogen (secondary N) is 1. The molecule has 6 nitrogen and oxygen atoms in total. The third-order valence-corrected chi connectivity index (χ3v) is 6.11. The molecule has 10 heteroatoms. The smallest absolute Gasteiger partial charge is 0.387 e. The van der Waals surface area contributed by atoms with Crippen LogP contribution < -0.4 is 10.1 Å². The lowest BCUT2D eigenvalue weighted by molar-refractivity contribution is -0.119. The predicted molar refractivity (Wildman–Crippen MR) is 90.5 cm³/mol. The number of halogens is 3. The van der Waals surface area contributed by atoms with Crippen molar-refractivity contribution in [3.63, 3.8) is 0 Å². The number of nitrogens with zero attached hydrogens (tertiary/aromatic N) is 1. The van der Waals surface area contributed by atoms with Crippen LogP contribution >= 0.6 is 11.6 Å². The maximum Gasteiger partial charge on any atom is 0.387 e. The Morgan fingerprint density at radius 1 is 1.48 bits per heavy atom. The minimum Gasteiger partial charge on any atom is -0.433 e. The van der Waals surface area contributed by atoms with Gasteiger partial charge in [-0.2, -0.15) is 13.1 Å². The summed E-state index contributed by atoms with van der Waals surface area (Å²) in [5.74, 6) is -0.694. The maximum atomic E-state index is 12.4. The summed E-state index contributed by atoms with van der Waals surface area (Å²) in [6.45, 7) is -0.940. The van der Waals surface area contributed by atoms with Gasteiger partial charge in [-0.3, -0.25) is 4.79 Å². The minimum atomic E-state index is -3.48. The molecule has 0 aromatic heterocycles. The quantitative estimate of drug-likeness (QED) is 0.768. The normalized spacial score (nSPS) is 18.5. The zero-order valence-corrected chi connectivity index (χ0v) is 15.1. The Morgan fingerprint density at radius 3 is 2.80 bits per heavy atom. The average Bonchev–Trinajstić information content (AvgIpc) is 3.00. The first kappa shape index (κ1) is 19.9. The van der Waals surface area contributed by atoms with Gasteiger partial charge < -0.3 is 10.1 Å². The van der Waals surface area contributed by atoms with E-state index in [-0.39, 0.29) is 22.2 Å². The van der Waals surface area contributed by atoms with Crippen molar-refractivity contribution in [1.29, 1.82) is 0 Å². The van der Waals surface area contributed by atoms with Gasteiger partial charge in [0.2, 0.25) is 15.9 Å². The standard InChI is InChI=1S/C15H19ClF2N2O4S/c1-2-8-25(22,23)20-7-3-4-12(20)14(21)19-10-5-6-13(11(16)9-10)24-15(17)18/h5-6,9,12,15H,2-4,7-8H2,1H3,(H,19,21)/t12-/m0/s1. The number of sulfonamides is 1. The number of rotatable bonds is 7. The first-order valence-electron chi connectivity index (χ1n) is 7.79. The predicted octanol–water partition coefficient (Wildman–Crippen LogP) is 3.08. The second-order valence-corrected chi connectivity index (χ2v) is 8.05. The van der Waals surface area contributed by atoms with Crippen LogP contribution in [0.5, 0.6) is 5.75 Å². The molecule has 1 aliphatic rings. The first-order valence-corrected chi connectivity index (χ1v) is 9.78. The van der Waals surface area contributed by atoms with E-state index in [2.05, 4.69) is 10.1 Å². The summed E-state index contributed by atoms with van der Waals surface area (Å²) in [6, 6.07) is 3.06. The van der Waals surface area contributed by atoms with Crippen LogP contribution in [0.15, 0.2) is 18.2 Å². The van der Waals surface area contributed by atoms with Crippen molar-refractivity contribution in [2.24, 2.45) is 0 Å². The van der Waals surface area contributed by atoms with E-state index in [1.807, 2.05) is 0 Å². The third-order valence-electron chi connectivity index (χ3n) is 3.74. The Labute approximate surface area is 150 Å². The lowest BCUT2D eigenvalue weighted by Gasteiger charge is -2.23. The summed E-state index contributed by atoms with van der Waals surface area (Å²) in [6.07, 6.45) is 1.49. The molecule has 1 fully saturated rings. The number of anilines is 1. The number of hydrogen-bond donors (Lipinski definition) is 1. The molecule has 0 aliphatic carbocycles. The number of carbonyl (C=O) groups excluding carboxylic acids is 1. The van der Waals surface area contributed by atoms with Crippen LogP contribution in [0.25, 0.3) is 0 Å². The molecule has 1 N–H and O–H groups in total. The van der Waals surface area contributed by atoms with Gasteiger partial charge >= 0.3 is 6.61 Å². The number of alkyl halides is 2. The average molecular weight is 397 g/mol. The van der Waals surface area contributed by atoms with Crippen molar-refractivity contribution in [3.8, 4) is 5.75 Å². The molecule has 0 spiro atoms. The molecule has 1 heterocycles. The molecule has 1 saturated heterocycles. The lowest BCUT2D eigenvalue weighted by Crippen LogP contribution is -2.44. The minimum absolute atomic E-state index is 0.0116. The van der Waals surface area contributed by atoms with Crippen molar-refractivity contribution < 1.29 is 26.7 Å². The van der Waals surface area contributed by atoms with Gasteiger partial charge in [-0.15, -0.1) is 0 Å². The highest BCUT2D eigenvalue weighted by molar-refractivity contribution is 7.89. The van der Waals surface area contributed by atoms with Crippen LogP contribution in [0.3, 0.4) is 0 Å². The number of ether oxygens (including phenoxy) is 1. The number of benzene rings is 1. The monoisotopic (exact) mass is 396 g/mol. The van der Waals surface area contributed by atoms with Crippen LogP contribution in [0.1, 0.15) is 26.2 Å². The van der Waals surface area contributed by atoms with Crippen LogP contribution in [0.2, 0.25) is 5.02 Å². The molecule has 0 radical (unpaired) electrons. The van der Waals surface area contributed by atoms with Crippen LogP contribution in [-0.2, 0) is 14.8 Å². The van der Waals surface area contributed by atoms with Gasteiger partial charge in [-0.1, -0.05) is 18.5 Å². The second kappa shape index (κ2) is 8.29. The molecule has 1 amide bonds. The highest BCUT2D eigenvalue weighted by atomic mass is 35.5. The Morgan fingerprint density at radius 2 is 2.20 bits per heavy atom. The molecule has 1 aliphatic heterocycles. The van der Waals surface area contributed by atoms with Gasteiger partial charge in [0.25, 0.3) is 0 Å². The van der Waals surface area contributed by atoms with E-state index in [0.717, 1.165) is 0 Å². The maximum absolute atomic E-state index is 12.4. The Kier molecular flexibility index (Phi) is 6.59. The van der Waals surface area contributed by atoms with Gasteiger partial charge in [0, 0.05) is 12.2 Å². The second-order valence-electron chi connectivity index (χ2n) is 5.60. The molecule has 2 rings (SSSR count). The highest BCUT2D eigenvalue weighted by Gasteiger charge is 2.38. The molecule has 1 aromatic carbocycles. The van der Waals surface area contributed by atoms with Crippen molar-refractivity contribution in [2.75, 3.05) is 17.6 Å². The van der Waals surface area contributed by atoms with Crippen molar-refractivity contribution in [3.05, 3.63) is 23.2 Å². The number of hydrogen-bond acceptors (Lipinski definition) is 4. The van der Waals surface area contributed by atoms with E-state index in [4.69, 9.17) is 11.6 Å². The van der Waals surface area contributed by atoms with Gasteiger partial charge in [-0.05, 0) is 37.5 Å². The van der Waals surface area contributed by atoms with Gasteiger partial charge in [0.05, 0.1) is 10.8 Å². The molecule has 0 saturated carbocycles. The fourth-order valence-electron chi connectivity index (χ4n) is 2.71. The van der Waals surface area contributed by atoms with Crippen molar-refractivity contribution >= 4 is 33.2 Å². The summed E-state index contributed by atoms with van der Waals surface area (Å²) in [5.41, 5.74) is 0.274. The van der Waals surface area contributed by atoms with Crippen molar-refractivity contribution in [2.45, 2.75) is 38.8 Å². The molecule has 0 bridgehead atoms. The van der Waals surface area contributed by atoms with E-state index >= 15 is 0 Å². The van der Waals surface area contributed by atoms with Crippen LogP contribution in [0.4, 0.5) is 14.5 Å². The van der Waals surface area contributed by atoms with Crippen LogP contribution in [-0.4, -0.2) is 43.6 Å². The van der Waals surface area contributed by atoms with E-state index in [1.54, 1.807) is 6.92 Å². The largest absolute Gasteiger partial charge is 0.433 e. The molecule has 140 valence electrons. The highest BCUT2D eigenvalue weighted by Crippen LogP contribution is 2.30. The molecule has 0 unspecified atom stereocenters. The van der Waals surface area contributed by atoms with E-state index in [9.17, 15) is 22.0 Å². The topological polar surface area (TPSA) is 75.7 Å². The summed E-state index contributed by atoms with van der Waals surface area (Å²) in [5, 5.41) is 2.49. The van der Waals surface area contributed by atoms with Gasteiger partial charge in [0.15, 0.2) is 0 Å². The summed E-state index contributed by atoms with van der Waals surface area (Å²) < 4.78 is 54.4. The van der Waals surface area contributed by atoms with Crippen molar-refractivity contribution in [1.82, 2.24) is 4.31 Å². The molecular formula is C15H19ClF2N2O4S. The van der Waals surface area contributed by atoms with Gasteiger partial charge in [-0.25, -0.2) is 8.42 Å². The summed E-state index contributed by atoms with van der Waals surface area (Å²) >= 11 is 5.84. The third kappa shape index (κ3) is 5.02. The van der Waals surface area contributed by atoms with Gasteiger partial charge in [0.1, 0.15) is 11.8 Å². The van der Waals surface area contributed by atoms with E-state index < -0.39 is 28.6 Å². The first-order chi connectivity index (χ1) is 11.7. The Hall–Kier alpha value is -1.45. The lowest BCUT2D eigenvalue weighted by atomic mass is 10.2. The Balaban J connectivity index is 2.10. The zero-order valence-electron chi connectivity index (χ0n) is 13.5. The molecule has 1 aromatic rings.